The molecule has 1 aromatic heterocycles. The lowest BCUT2D eigenvalue weighted by Gasteiger charge is -2.50. The fourth-order valence-electron chi connectivity index (χ4n) is 10.4. The lowest BCUT2D eigenvalue weighted by molar-refractivity contribution is 0.754. The number of hydrogen-bond acceptors (Lipinski definition) is 1. The molecular weight excluding hydrogens is 656 g/mol. The van der Waals surface area contributed by atoms with Gasteiger partial charge in [0, 0.05) is 26.3 Å². The number of rotatable bonds is 2. The summed E-state index contributed by atoms with van der Waals surface area (Å²) in [7, 11) is 0. The van der Waals surface area contributed by atoms with Crippen LogP contribution in [0.3, 0.4) is 0 Å². The minimum absolute atomic E-state index is 0.0970. The summed E-state index contributed by atoms with van der Waals surface area (Å²) in [6, 6.07) is 71.0. The summed E-state index contributed by atoms with van der Waals surface area (Å²) in [5.74, 6) is 0. The molecule has 8 aromatic carbocycles. The van der Waals surface area contributed by atoms with Crippen molar-refractivity contribution in [1.82, 2.24) is 4.57 Å². The van der Waals surface area contributed by atoms with Crippen molar-refractivity contribution in [2.24, 2.45) is 0 Å². The van der Waals surface area contributed by atoms with Gasteiger partial charge in [-0.15, -0.1) is 0 Å². The third-order valence-corrected chi connectivity index (χ3v) is 13.5. The Morgan fingerprint density at radius 3 is 1.47 bits per heavy atom. The van der Waals surface area contributed by atoms with Crippen LogP contribution < -0.4 is 32.8 Å². The molecule has 53 heavy (non-hydrogen) atoms. The van der Waals surface area contributed by atoms with E-state index >= 15 is 0 Å². The zero-order valence-electron chi connectivity index (χ0n) is 28.9. The molecule has 4 heteroatoms. The van der Waals surface area contributed by atoms with E-state index in [1.165, 1.54) is 92.3 Å². The minimum atomic E-state index is -0.447. The van der Waals surface area contributed by atoms with Crippen molar-refractivity contribution in [3.8, 4) is 5.69 Å². The highest BCUT2D eigenvalue weighted by Gasteiger charge is 2.54. The summed E-state index contributed by atoms with van der Waals surface area (Å²) in [6.45, 7) is 0.297. The van der Waals surface area contributed by atoms with E-state index < -0.39 is 5.41 Å². The summed E-state index contributed by atoms with van der Waals surface area (Å²) in [5.41, 5.74) is 17.2. The summed E-state index contributed by atoms with van der Waals surface area (Å²) in [4.78, 5) is 2.74. The topological polar surface area (TPSA) is 4.93 Å². The predicted molar refractivity (Wildman–Crippen MR) is 225 cm³/mol. The number of aromatic nitrogens is 1. The minimum Gasteiger partial charge on any atom is -0.309 e. The molecule has 0 bridgehead atoms. The second-order valence-corrected chi connectivity index (χ2v) is 15.8. The first-order chi connectivity index (χ1) is 26.3. The fraction of sp³-hybridized carbons (Fsp3) is 0.0204. The largest absolute Gasteiger partial charge is 0.309 e. The Morgan fingerprint density at radius 2 is 0.849 bits per heavy atom. The van der Waals surface area contributed by atoms with Crippen LogP contribution in [0.25, 0.3) is 27.5 Å². The zero-order valence-corrected chi connectivity index (χ0v) is 29.7. The predicted octanol–water partition coefficient (Wildman–Crippen LogP) is 7.29. The van der Waals surface area contributed by atoms with Crippen LogP contribution in [-0.4, -0.2) is 18.0 Å². The molecule has 1 spiro atoms. The number of para-hydroxylation sites is 2. The zero-order chi connectivity index (χ0) is 34.7. The lowest BCUT2D eigenvalue weighted by atomic mass is 9.26. The van der Waals surface area contributed by atoms with Crippen LogP contribution >= 0.6 is 11.8 Å². The van der Waals surface area contributed by atoms with Gasteiger partial charge in [0.1, 0.15) is 0 Å². The molecule has 0 saturated carbocycles. The average Bonchev–Trinajstić information content (AvgIpc) is 3.56. The maximum Gasteiger partial charge on any atom is 0.245 e. The quantitative estimate of drug-likeness (QED) is 0.173. The molecule has 0 fully saturated rings. The lowest BCUT2D eigenvalue weighted by Crippen LogP contribution is -2.68. The first kappa shape index (κ1) is 29.6. The van der Waals surface area contributed by atoms with Crippen LogP contribution in [-0.2, 0) is 5.41 Å². The van der Waals surface area contributed by atoms with Crippen LogP contribution in [0.5, 0.6) is 0 Å². The molecule has 0 amide bonds. The Balaban J connectivity index is 1.10. The van der Waals surface area contributed by atoms with Gasteiger partial charge >= 0.3 is 0 Å². The van der Waals surface area contributed by atoms with Gasteiger partial charge in [-0.2, -0.15) is 0 Å². The molecule has 4 heterocycles. The number of hydrogen-bond donors (Lipinski definition) is 0. The van der Waals surface area contributed by atoms with Gasteiger partial charge in [-0.1, -0.05) is 196 Å². The van der Waals surface area contributed by atoms with E-state index in [9.17, 15) is 0 Å². The van der Waals surface area contributed by atoms with Gasteiger partial charge in [0.25, 0.3) is 0 Å². The summed E-state index contributed by atoms with van der Waals surface area (Å²) < 4.78 is 2.41. The summed E-state index contributed by atoms with van der Waals surface area (Å²) in [6.07, 6.45) is 0. The first-order valence-electron chi connectivity index (χ1n) is 18.6. The van der Waals surface area contributed by atoms with Crippen molar-refractivity contribution in [2.75, 3.05) is 0 Å². The number of nitrogens with zero attached hydrogens (tertiary/aromatic N) is 1. The van der Waals surface area contributed by atoms with E-state index in [1.54, 1.807) is 0 Å². The Bertz CT molecular complexity index is 2860. The Hall–Kier alpha value is -5.96. The molecule has 12 rings (SSSR count). The van der Waals surface area contributed by atoms with Crippen LogP contribution in [0.1, 0.15) is 22.3 Å². The smallest absolute Gasteiger partial charge is 0.245 e. The molecule has 9 aromatic rings. The van der Waals surface area contributed by atoms with Crippen LogP contribution in [0.2, 0.25) is 0 Å². The van der Waals surface area contributed by atoms with Gasteiger partial charge in [-0.05, 0) is 58.7 Å². The second kappa shape index (κ2) is 11.0. The monoisotopic (exact) mass is 687 g/mol. The van der Waals surface area contributed by atoms with Gasteiger partial charge in [0.2, 0.25) is 13.4 Å². The second-order valence-electron chi connectivity index (χ2n) is 14.7. The normalized spacial score (nSPS) is 14.4. The highest BCUT2D eigenvalue weighted by Crippen LogP contribution is 2.48. The molecular formula is C49H31B2NS. The third-order valence-electron chi connectivity index (χ3n) is 12.3. The Morgan fingerprint density at radius 1 is 0.377 bits per heavy atom. The van der Waals surface area contributed by atoms with E-state index in [4.69, 9.17) is 0 Å². The van der Waals surface area contributed by atoms with E-state index in [-0.39, 0.29) is 13.4 Å². The SMILES string of the molecule is c1ccc2c(c1)Sc1cccc3c1B2c1ccccc1C31c2ccccc2B(c2ccc(-n3c4ccccc4c4ccccc43)cc2)c2ccccc21. The molecule has 3 aliphatic rings. The van der Waals surface area contributed by atoms with Crippen molar-refractivity contribution >= 4 is 79.8 Å². The molecule has 0 saturated heterocycles. The summed E-state index contributed by atoms with van der Waals surface area (Å²) in [5, 5.41) is 2.57. The highest BCUT2D eigenvalue weighted by atomic mass is 32.2. The van der Waals surface area contributed by atoms with Gasteiger partial charge in [0.15, 0.2) is 0 Å². The number of fused-ring (bicyclic) bond motifs is 13. The molecule has 3 aliphatic heterocycles. The maximum absolute atomic E-state index is 2.44. The highest BCUT2D eigenvalue weighted by molar-refractivity contribution is 8.00. The van der Waals surface area contributed by atoms with Crippen LogP contribution in [0, 0.1) is 0 Å². The standard InChI is InChI=1S/C49H31B2NS/c1-10-24-44-34(14-1)35-15-2-11-25-45(35)52(44)33-30-28-32(29-31-33)50-40-20-6-3-16-36(40)49(37-17-4-7-21-41(37)50)38-18-5-8-22-42(38)51-43-23-9-12-26-46(43)53-47-27-13-19-39(49)48(47)51/h1-31H. The van der Waals surface area contributed by atoms with Crippen LogP contribution in [0.4, 0.5) is 0 Å². The Kier molecular flexibility index (Phi) is 6.16. The molecule has 0 N–H and O–H groups in total. The van der Waals surface area contributed by atoms with Gasteiger partial charge in [-0.3, -0.25) is 0 Å². The van der Waals surface area contributed by atoms with E-state index in [1.807, 2.05) is 11.8 Å². The summed E-state index contributed by atoms with van der Waals surface area (Å²) >= 11 is 1.93. The fourth-order valence-corrected chi connectivity index (χ4v) is 11.5. The van der Waals surface area contributed by atoms with Gasteiger partial charge < -0.3 is 4.57 Å². The van der Waals surface area contributed by atoms with Crippen molar-refractivity contribution < 1.29 is 0 Å². The molecule has 0 atom stereocenters. The van der Waals surface area contributed by atoms with Crippen LogP contribution in [0.15, 0.2) is 198 Å². The third kappa shape index (κ3) is 3.86. The average molecular weight is 687 g/mol. The van der Waals surface area contributed by atoms with Crippen molar-refractivity contribution in [3.63, 3.8) is 0 Å². The van der Waals surface area contributed by atoms with Crippen molar-refractivity contribution in [1.29, 1.82) is 0 Å². The maximum atomic E-state index is 2.44. The van der Waals surface area contributed by atoms with E-state index in [0.717, 1.165) is 0 Å². The molecule has 244 valence electrons. The van der Waals surface area contributed by atoms with E-state index in [2.05, 4.69) is 193 Å². The first-order valence-corrected chi connectivity index (χ1v) is 19.4. The van der Waals surface area contributed by atoms with Crippen molar-refractivity contribution in [2.45, 2.75) is 15.2 Å². The molecule has 1 nitrogen and oxygen atoms in total. The van der Waals surface area contributed by atoms with E-state index in [0.29, 0.717) is 0 Å². The van der Waals surface area contributed by atoms with Gasteiger partial charge in [0.05, 0.1) is 16.4 Å². The Labute approximate surface area is 314 Å². The molecule has 0 radical (unpaired) electrons. The van der Waals surface area contributed by atoms with Gasteiger partial charge in [-0.25, -0.2) is 0 Å². The van der Waals surface area contributed by atoms with Crippen molar-refractivity contribution in [3.05, 3.63) is 210 Å². The molecule has 0 unspecified atom stereocenters. The number of benzene rings is 8. The molecule has 0 aliphatic carbocycles.